The molecule has 0 saturated heterocycles. The highest BCUT2D eigenvalue weighted by molar-refractivity contribution is 7.99. The lowest BCUT2D eigenvalue weighted by atomic mass is 10.1. The monoisotopic (exact) mass is 574 g/mol. The van der Waals surface area contributed by atoms with Crippen LogP contribution in [0.5, 0.6) is 5.75 Å². The van der Waals surface area contributed by atoms with Crippen molar-refractivity contribution in [3.63, 3.8) is 0 Å². The first-order chi connectivity index (χ1) is 18.7. The number of anilines is 1. The van der Waals surface area contributed by atoms with E-state index in [2.05, 4.69) is 22.4 Å². The Hall–Kier alpha value is -3.38. The molecule has 12 heteroatoms. The number of hydrogen-bond donors (Lipinski definition) is 1. The van der Waals surface area contributed by atoms with E-state index in [4.69, 9.17) is 14.2 Å². The van der Waals surface area contributed by atoms with Crippen LogP contribution in [0.25, 0.3) is 0 Å². The van der Waals surface area contributed by atoms with Crippen LogP contribution in [0.15, 0.2) is 29.4 Å². The van der Waals surface area contributed by atoms with Crippen LogP contribution in [0.2, 0.25) is 0 Å². The molecule has 1 unspecified atom stereocenters. The Balaban J connectivity index is 1.71. The first-order valence-corrected chi connectivity index (χ1v) is 14.6. The van der Waals surface area contributed by atoms with E-state index in [1.54, 1.807) is 20.8 Å². The molecule has 0 aliphatic heterocycles. The van der Waals surface area contributed by atoms with Crippen molar-refractivity contribution < 1.29 is 28.6 Å². The predicted octanol–water partition coefficient (Wildman–Crippen LogP) is 5.45. The molecular weight excluding hydrogens is 540 g/mol. The smallest absolute Gasteiger partial charge is 0.348 e. The first kappa shape index (κ1) is 30.2. The number of rotatable bonds is 13. The fraction of sp³-hybridized carbons (Fsp3) is 0.444. The number of carbonyl (C=O) groups excluding carboxylic acids is 3. The molecule has 1 amide bonds. The summed E-state index contributed by atoms with van der Waals surface area (Å²) >= 11 is 2.21. The molecule has 0 bridgehead atoms. The Morgan fingerprint density at radius 3 is 2.31 bits per heavy atom. The number of ether oxygens (including phenoxy) is 3. The number of nitrogens with zero attached hydrogens (tertiary/aromatic N) is 3. The average molecular weight is 575 g/mol. The minimum absolute atomic E-state index is 0.0137. The number of esters is 2. The molecule has 0 saturated carbocycles. The Bertz CT molecular complexity index is 1300. The molecule has 0 radical (unpaired) electrons. The first-order valence-electron chi connectivity index (χ1n) is 12.8. The van der Waals surface area contributed by atoms with Gasteiger partial charge in [-0.25, -0.2) is 9.59 Å². The molecule has 0 aliphatic rings. The molecule has 1 aromatic carbocycles. The van der Waals surface area contributed by atoms with Crippen molar-refractivity contribution in [2.24, 2.45) is 0 Å². The Kier molecular flexibility index (Phi) is 10.9. The van der Waals surface area contributed by atoms with Crippen LogP contribution in [0.3, 0.4) is 0 Å². The lowest BCUT2D eigenvalue weighted by Gasteiger charge is -2.16. The number of benzene rings is 1. The van der Waals surface area contributed by atoms with Crippen LogP contribution in [0.1, 0.15) is 77.7 Å². The summed E-state index contributed by atoms with van der Waals surface area (Å²) in [4.78, 5) is 38.1. The van der Waals surface area contributed by atoms with Crippen LogP contribution >= 0.6 is 23.1 Å². The van der Waals surface area contributed by atoms with Crippen molar-refractivity contribution in [3.05, 3.63) is 51.7 Å². The predicted molar refractivity (Wildman–Crippen MR) is 151 cm³/mol. The topological polar surface area (TPSA) is 122 Å². The summed E-state index contributed by atoms with van der Waals surface area (Å²) in [6.07, 6.45) is 0.604. The average Bonchev–Trinajstić information content (AvgIpc) is 3.48. The van der Waals surface area contributed by atoms with Crippen molar-refractivity contribution in [1.29, 1.82) is 0 Å². The zero-order valence-electron chi connectivity index (χ0n) is 23.0. The second-order valence-electron chi connectivity index (χ2n) is 8.38. The van der Waals surface area contributed by atoms with Gasteiger partial charge in [-0.15, -0.1) is 21.5 Å². The molecule has 2 heterocycles. The van der Waals surface area contributed by atoms with Gasteiger partial charge in [-0.3, -0.25) is 4.79 Å². The highest BCUT2D eigenvalue weighted by atomic mass is 32.2. The van der Waals surface area contributed by atoms with E-state index in [0.717, 1.165) is 23.5 Å². The molecule has 10 nitrogen and oxygen atoms in total. The molecule has 3 aromatic rings. The minimum atomic E-state index is -0.613. The van der Waals surface area contributed by atoms with Gasteiger partial charge in [-0.05, 0) is 64.3 Å². The van der Waals surface area contributed by atoms with Crippen molar-refractivity contribution >= 4 is 45.9 Å². The summed E-state index contributed by atoms with van der Waals surface area (Å²) in [5, 5.41) is 12.2. The lowest BCUT2D eigenvalue weighted by Crippen LogP contribution is -2.17. The molecule has 1 N–H and O–H groups in total. The summed E-state index contributed by atoms with van der Waals surface area (Å²) in [5.41, 5.74) is 1.79. The van der Waals surface area contributed by atoms with Crippen LogP contribution in [-0.2, 0) is 27.2 Å². The summed E-state index contributed by atoms with van der Waals surface area (Å²) in [6.45, 7) is 11.9. The largest absolute Gasteiger partial charge is 0.483 e. The number of hydrogen-bond acceptors (Lipinski definition) is 10. The van der Waals surface area contributed by atoms with E-state index in [9.17, 15) is 14.4 Å². The van der Waals surface area contributed by atoms with Gasteiger partial charge in [0.05, 0.1) is 24.5 Å². The van der Waals surface area contributed by atoms with Gasteiger partial charge in [0.15, 0.2) is 17.1 Å². The van der Waals surface area contributed by atoms with Gasteiger partial charge in [0.2, 0.25) is 5.91 Å². The third-order valence-electron chi connectivity index (χ3n) is 5.74. The second kappa shape index (κ2) is 14.1. The molecule has 0 aliphatic carbocycles. The van der Waals surface area contributed by atoms with Crippen molar-refractivity contribution in [1.82, 2.24) is 14.8 Å². The molecule has 1 atom stereocenters. The van der Waals surface area contributed by atoms with E-state index in [0.29, 0.717) is 23.1 Å². The highest BCUT2D eigenvalue weighted by Gasteiger charge is 2.27. The third kappa shape index (κ3) is 7.39. The van der Waals surface area contributed by atoms with Gasteiger partial charge < -0.3 is 24.1 Å². The molecule has 3 rings (SSSR count). The number of thiophene rings is 1. The van der Waals surface area contributed by atoms with E-state index >= 15 is 0 Å². The normalized spacial score (nSPS) is 11.6. The molecular formula is C27H34N4O6S2. The Labute approximate surface area is 236 Å². The maximum Gasteiger partial charge on any atom is 0.348 e. The SMILES string of the molecule is CCOC(=O)c1sc(NC(=O)CSc2nnc(C(C)Oc3ccc(CC)cc3)n2CC)c(C(=O)OCC)c1C. The third-order valence-corrected chi connectivity index (χ3v) is 7.90. The Morgan fingerprint density at radius 2 is 1.69 bits per heavy atom. The molecule has 2 aromatic heterocycles. The van der Waals surface area contributed by atoms with Gasteiger partial charge in [-0.2, -0.15) is 0 Å². The number of amides is 1. The standard InChI is InChI=1S/C27H34N4O6S2/c1-7-18-11-13-19(14-12-18)37-17(6)23-29-30-27(31(23)8-2)38-15-20(32)28-24-21(25(33)35-9-3)16(5)22(39-24)26(34)36-10-4/h11-14,17H,7-10,15H2,1-6H3,(H,28,32). The summed E-state index contributed by atoms with van der Waals surface area (Å²) in [7, 11) is 0. The van der Waals surface area contributed by atoms with Crippen LogP contribution in [0, 0.1) is 6.92 Å². The highest BCUT2D eigenvalue weighted by Crippen LogP contribution is 2.35. The van der Waals surface area contributed by atoms with Gasteiger partial charge in [0.1, 0.15) is 15.6 Å². The molecule has 0 spiro atoms. The molecule has 0 fully saturated rings. The van der Waals surface area contributed by atoms with E-state index in [-0.39, 0.29) is 46.4 Å². The number of aryl methyl sites for hydroxylation is 1. The quantitative estimate of drug-likeness (QED) is 0.210. The van der Waals surface area contributed by atoms with Crippen LogP contribution in [-0.4, -0.2) is 51.6 Å². The van der Waals surface area contributed by atoms with E-state index < -0.39 is 11.9 Å². The fourth-order valence-electron chi connectivity index (χ4n) is 3.80. The number of carbonyl (C=O) groups is 3. The molecule has 39 heavy (non-hydrogen) atoms. The zero-order chi connectivity index (χ0) is 28.5. The van der Waals surface area contributed by atoms with Gasteiger partial charge in [0.25, 0.3) is 0 Å². The maximum atomic E-state index is 12.9. The van der Waals surface area contributed by atoms with Crippen molar-refractivity contribution in [2.45, 2.75) is 65.8 Å². The number of nitrogens with one attached hydrogen (secondary N) is 1. The van der Waals surface area contributed by atoms with Crippen LogP contribution < -0.4 is 10.1 Å². The minimum Gasteiger partial charge on any atom is -0.483 e. The number of aromatic nitrogens is 3. The van der Waals surface area contributed by atoms with Gasteiger partial charge in [0, 0.05) is 6.54 Å². The fourth-order valence-corrected chi connectivity index (χ4v) is 5.71. The maximum absolute atomic E-state index is 12.9. The number of thioether (sulfide) groups is 1. The van der Waals surface area contributed by atoms with Crippen molar-refractivity contribution in [3.8, 4) is 5.75 Å². The van der Waals surface area contributed by atoms with Crippen LogP contribution in [0.4, 0.5) is 5.00 Å². The lowest BCUT2D eigenvalue weighted by molar-refractivity contribution is -0.113. The Morgan fingerprint density at radius 1 is 1.03 bits per heavy atom. The molecule has 210 valence electrons. The zero-order valence-corrected chi connectivity index (χ0v) is 24.7. The van der Waals surface area contributed by atoms with Gasteiger partial charge >= 0.3 is 11.9 Å². The summed E-state index contributed by atoms with van der Waals surface area (Å²) in [5.74, 6) is -0.128. The second-order valence-corrected chi connectivity index (χ2v) is 10.3. The van der Waals surface area contributed by atoms with Gasteiger partial charge in [-0.1, -0.05) is 30.8 Å². The van der Waals surface area contributed by atoms with Crippen molar-refractivity contribution in [2.75, 3.05) is 24.3 Å². The summed E-state index contributed by atoms with van der Waals surface area (Å²) < 4.78 is 18.2. The van der Waals surface area contributed by atoms with E-state index in [1.807, 2.05) is 42.7 Å². The summed E-state index contributed by atoms with van der Waals surface area (Å²) in [6, 6.07) is 7.94. The van der Waals surface area contributed by atoms with E-state index in [1.165, 1.54) is 17.3 Å².